The summed E-state index contributed by atoms with van der Waals surface area (Å²) in [6.45, 7) is 0.474. The fraction of sp³-hybridized carbons (Fsp3) is 0.250. The number of nitrogens with one attached hydrogen (secondary N) is 1. The van der Waals surface area contributed by atoms with Crippen molar-refractivity contribution in [2.45, 2.75) is 18.5 Å². The number of rotatable bonds is 3. The summed E-state index contributed by atoms with van der Waals surface area (Å²) in [6.07, 6.45) is 0.381. The molecule has 0 aromatic heterocycles. The molecule has 0 bridgehead atoms. The number of ether oxygens (including phenoxy) is 2. The van der Waals surface area contributed by atoms with Gasteiger partial charge in [-0.3, -0.25) is 9.69 Å². The lowest BCUT2D eigenvalue weighted by molar-refractivity contribution is -0.133. The van der Waals surface area contributed by atoms with E-state index in [0.29, 0.717) is 29.9 Å². The zero-order chi connectivity index (χ0) is 19.0. The number of hydrogen-bond donors (Lipinski definition) is 1. The van der Waals surface area contributed by atoms with Crippen molar-refractivity contribution in [1.82, 2.24) is 10.2 Å². The third-order valence-electron chi connectivity index (χ3n) is 4.97. The van der Waals surface area contributed by atoms with Gasteiger partial charge in [0, 0.05) is 12.0 Å². The van der Waals surface area contributed by atoms with E-state index in [-0.39, 0.29) is 12.5 Å². The number of nitrogens with zero attached hydrogens (tertiary/aromatic N) is 1. The van der Waals surface area contributed by atoms with E-state index in [1.54, 1.807) is 36.4 Å². The molecule has 0 aliphatic carbocycles. The Hall–Kier alpha value is -3.35. The number of benzene rings is 2. The van der Waals surface area contributed by atoms with E-state index < -0.39 is 17.5 Å². The lowest BCUT2D eigenvalue weighted by Gasteiger charge is -2.33. The quantitative estimate of drug-likeness (QED) is 0.665. The molecule has 0 unspecified atom stereocenters. The molecule has 4 rings (SSSR count). The van der Waals surface area contributed by atoms with Gasteiger partial charge in [0.15, 0.2) is 5.54 Å². The molecule has 2 aliphatic heterocycles. The molecule has 1 spiro atoms. The van der Waals surface area contributed by atoms with Gasteiger partial charge in [-0.05, 0) is 23.8 Å². The highest BCUT2D eigenvalue weighted by Gasteiger charge is 2.54. The highest BCUT2D eigenvalue weighted by molar-refractivity contribution is 6.07. The molecule has 1 fully saturated rings. The predicted octanol–water partition coefficient (Wildman–Crippen LogP) is 2.20. The van der Waals surface area contributed by atoms with E-state index in [9.17, 15) is 14.4 Å². The Labute approximate surface area is 155 Å². The van der Waals surface area contributed by atoms with E-state index in [1.165, 1.54) is 12.0 Å². The van der Waals surface area contributed by atoms with Gasteiger partial charge in [0.1, 0.15) is 5.75 Å². The molecule has 7 heteroatoms. The van der Waals surface area contributed by atoms with E-state index in [1.807, 2.05) is 12.1 Å². The van der Waals surface area contributed by atoms with Crippen LogP contribution in [0.1, 0.15) is 27.9 Å². The highest BCUT2D eigenvalue weighted by atomic mass is 16.5. The van der Waals surface area contributed by atoms with Crippen LogP contribution in [0, 0.1) is 0 Å². The molecule has 0 radical (unpaired) electrons. The van der Waals surface area contributed by atoms with Crippen LogP contribution in [0.15, 0.2) is 48.5 Å². The molecule has 1 atom stereocenters. The molecule has 2 aromatic carbocycles. The second-order valence-electron chi connectivity index (χ2n) is 6.51. The first-order chi connectivity index (χ1) is 13.0. The minimum absolute atomic E-state index is 0.122. The Morgan fingerprint density at radius 3 is 2.67 bits per heavy atom. The highest BCUT2D eigenvalue weighted by Crippen LogP contribution is 2.41. The van der Waals surface area contributed by atoms with Gasteiger partial charge < -0.3 is 14.8 Å². The van der Waals surface area contributed by atoms with Crippen LogP contribution in [0.5, 0.6) is 5.75 Å². The van der Waals surface area contributed by atoms with Crippen LogP contribution < -0.4 is 10.1 Å². The van der Waals surface area contributed by atoms with Gasteiger partial charge in [0.2, 0.25) is 0 Å². The number of amides is 3. The van der Waals surface area contributed by atoms with Gasteiger partial charge in [-0.1, -0.05) is 30.3 Å². The third-order valence-corrected chi connectivity index (χ3v) is 4.97. The van der Waals surface area contributed by atoms with Crippen LogP contribution in [0.4, 0.5) is 4.79 Å². The van der Waals surface area contributed by atoms with E-state index >= 15 is 0 Å². The maximum atomic E-state index is 13.2. The van der Waals surface area contributed by atoms with Crippen molar-refractivity contribution in [3.63, 3.8) is 0 Å². The van der Waals surface area contributed by atoms with Crippen LogP contribution in [0.2, 0.25) is 0 Å². The number of para-hydroxylation sites is 1. The van der Waals surface area contributed by atoms with Crippen molar-refractivity contribution in [2.75, 3.05) is 13.7 Å². The molecule has 138 valence electrons. The molecular formula is C20H18N2O5. The van der Waals surface area contributed by atoms with E-state index in [0.717, 1.165) is 5.56 Å². The molecule has 1 N–H and O–H groups in total. The maximum absolute atomic E-state index is 13.2. The lowest BCUT2D eigenvalue weighted by Crippen LogP contribution is -2.47. The number of carbonyl (C=O) groups excluding carboxylic acids is 3. The second-order valence-corrected chi connectivity index (χ2v) is 6.51. The maximum Gasteiger partial charge on any atom is 0.337 e. The molecule has 27 heavy (non-hydrogen) atoms. The van der Waals surface area contributed by atoms with Gasteiger partial charge in [0.25, 0.3) is 5.91 Å². The first kappa shape index (κ1) is 17.1. The number of imide groups is 1. The number of esters is 1. The standard InChI is InChI=1S/C20H18N2O5/c1-26-17(23)14-8-6-13(7-9-14)12-22-18(24)20(21-19(22)25)10-11-27-16-5-3-2-4-15(16)20/h2-9H,10-12H2,1H3,(H,21,25)/t20-/m0/s1. The molecule has 1 saturated heterocycles. The zero-order valence-corrected chi connectivity index (χ0v) is 14.7. The van der Waals surface area contributed by atoms with E-state index in [2.05, 4.69) is 10.1 Å². The average Bonchev–Trinajstić information content (AvgIpc) is 2.93. The van der Waals surface area contributed by atoms with Crippen molar-refractivity contribution < 1.29 is 23.9 Å². The van der Waals surface area contributed by atoms with Crippen molar-refractivity contribution in [2.24, 2.45) is 0 Å². The van der Waals surface area contributed by atoms with Crippen LogP contribution in [0.3, 0.4) is 0 Å². The first-order valence-corrected chi connectivity index (χ1v) is 8.59. The summed E-state index contributed by atoms with van der Waals surface area (Å²) in [5.41, 5.74) is 0.743. The zero-order valence-electron chi connectivity index (χ0n) is 14.7. The number of fused-ring (bicyclic) bond motifs is 2. The number of urea groups is 1. The summed E-state index contributed by atoms with van der Waals surface area (Å²) >= 11 is 0. The minimum Gasteiger partial charge on any atom is -0.493 e. The van der Waals surface area contributed by atoms with Crippen molar-refractivity contribution in [3.8, 4) is 5.75 Å². The largest absolute Gasteiger partial charge is 0.493 e. The summed E-state index contributed by atoms with van der Waals surface area (Å²) in [4.78, 5) is 38.5. The predicted molar refractivity (Wildman–Crippen MR) is 95.1 cm³/mol. The fourth-order valence-corrected chi connectivity index (χ4v) is 3.56. The van der Waals surface area contributed by atoms with Gasteiger partial charge in [0.05, 0.1) is 25.8 Å². The normalized spacial score (nSPS) is 20.9. The topological polar surface area (TPSA) is 84.9 Å². The molecule has 2 aromatic rings. The Balaban J connectivity index is 1.60. The van der Waals surface area contributed by atoms with Crippen molar-refractivity contribution >= 4 is 17.9 Å². The summed E-state index contributed by atoms with van der Waals surface area (Å²) in [5.74, 6) is -0.115. The molecule has 3 amide bonds. The Morgan fingerprint density at radius 1 is 1.19 bits per heavy atom. The van der Waals surface area contributed by atoms with Gasteiger partial charge in [-0.25, -0.2) is 9.59 Å². The SMILES string of the molecule is COC(=O)c1ccc(CN2C(=O)N[C@]3(CCOc4ccccc43)C2=O)cc1. The monoisotopic (exact) mass is 366 g/mol. The van der Waals surface area contributed by atoms with Crippen LogP contribution in [0.25, 0.3) is 0 Å². The molecular weight excluding hydrogens is 348 g/mol. The Morgan fingerprint density at radius 2 is 1.93 bits per heavy atom. The van der Waals surface area contributed by atoms with Crippen LogP contribution >= 0.6 is 0 Å². The van der Waals surface area contributed by atoms with Crippen molar-refractivity contribution in [3.05, 3.63) is 65.2 Å². The molecule has 2 heterocycles. The van der Waals surface area contributed by atoms with E-state index in [4.69, 9.17) is 4.74 Å². The number of carbonyl (C=O) groups is 3. The minimum atomic E-state index is -1.09. The summed E-state index contributed by atoms with van der Waals surface area (Å²) < 4.78 is 10.3. The summed E-state index contributed by atoms with van der Waals surface area (Å²) in [5, 5.41) is 2.87. The lowest BCUT2D eigenvalue weighted by atomic mass is 9.84. The van der Waals surface area contributed by atoms with Gasteiger partial charge in [-0.15, -0.1) is 0 Å². The smallest absolute Gasteiger partial charge is 0.337 e. The average molecular weight is 366 g/mol. The van der Waals surface area contributed by atoms with Crippen LogP contribution in [-0.2, 0) is 21.6 Å². The molecule has 0 saturated carbocycles. The number of hydrogen-bond acceptors (Lipinski definition) is 5. The number of methoxy groups -OCH3 is 1. The van der Waals surface area contributed by atoms with Gasteiger partial charge >= 0.3 is 12.0 Å². The first-order valence-electron chi connectivity index (χ1n) is 8.59. The third kappa shape index (κ3) is 2.71. The molecule has 2 aliphatic rings. The Bertz CT molecular complexity index is 924. The summed E-state index contributed by atoms with van der Waals surface area (Å²) in [6, 6.07) is 13.5. The fourth-order valence-electron chi connectivity index (χ4n) is 3.56. The van der Waals surface area contributed by atoms with Crippen LogP contribution in [-0.4, -0.2) is 36.5 Å². The summed E-state index contributed by atoms with van der Waals surface area (Å²) in [7, 11) is 1.31. The Kier molecular flexibility index (Phi) is 4.07. The second kappa shape index (κ2) is 6.42. The van der Waals surface area contributed by atoms with Gasteiger partial charge in [-0.2, -0.15) is 0 Å². The molecule has 7 nitrogen and oxygen atoms in total. The van der Waals surface area contributed by atoms with Crippen molar-refractivity contribution in [1.29, 1.82) is 0 Å².